The number of nitrogens with zero attached hydrogens (tertiary/aromatic N) is 2. The quantitative estimate of drug-likeness (QED) is 0.541. The lowest BCUT2D eigenvalue weighted by molar-refractivity contribution is -0.388. The van der Waals surface area contributed by atoms with Crippen molar-refractivity contribution in [1.82, 2.24) is 4.98 Å². The van der Waals surface area contributed by atoms with E-state index < -0.39 is 11.0 Å². The average Bonchev–Trinajstić information content (AvgIpc) is 2.30. The molecule has 0 aliphatic carbocycles. The van der Waals surface area contributed by atoms with Crippen LogP contribution in [-0.4, -0.2) is 41.4 Å². The molecule has 1 aromatic heterocycles. The first-order chi connectivity index (χ1) is 8.15. The first-order valence-electron chi connectivity index (χ1n) is 5.15. The van der Waals surface area contributed by atoms with Crippen molar-refractivity contribution >= 4 is 11.5 Å². The number of aliphatic hydroxyl groups excluding tert-OH is 1. The van der Waals surface area contributed by atoms with Crippen molar-refractivity contribution < 1.29 is 14.8 Å². The molecule has 0 amide bonds. The Morgan fingerprint density at radius 3 is 3.12 bits per heavy atom. The van der Waals surface area contributed by atoms with E-state index in [0.29, 0.717) is 18.7 Å². The Balaban J connectivity index is 2.49. The maximum atomic E-state index is 10.7. The Morgan fingerprint density at radius 2 is 2.47 bits per heavy atom. The van der Waals surface area contributed by atoms with Crippen LogP contribution in [0.2, 0.25) is 0 Å². The van der Waals surface area contributed by atoms with Crippen LogP contribution < -0.4 is 5.32 Å². The lowest BCUT2D eigenvalue weighted by Crippen LogP contribution is -2.18. The van der Waals surface area contributed by atoms with Crippen molar-refractivity contribution in [2.45, 2.75) is 12.5 Å². The van der Waals surface area contributed by atoms with Crippen molar-refractivity contribution in [1.29, 1.82) is 0 Å². The fraction of sp³-hybridized carbons (Fsp3) is 0.500. The summed E-state index contributed by atoms with van der Waals surface area (Å²) < 4.78 is 4.77. The number of aliphatic hydroxyl groups is 1. The summed E-state index contributed by atoms with van der Waals surface area (Å²) in [7, 11) is 1.50. The molecule has 1 rings (SSSR count). The van der Waals surface area contributed by atoms with Crippen LogP contribution in [0.4, 0.5) is 11.5 Å². The molecule has 0 spiro atoms. The van der Waals surface area contributed by atoms with Crippen molar-refractivity contribution in [3.63, 3.8) is 0 Å². The highest BCUT2D eigenvalue weighted by Crippen LogP contribution is 2.19. The molecule has 1 unspecified atom stereocenters. The zero-order chi connectivity index (χ0) is 12.7. The minimum absolute atomic E-state index is 0.214. The van der Waals surface area contributed by atoms with E-state index in [1.165, 1.54) is 13.3 Å². The van der Waals surface area contributed by atoms with Crippen LogP contribution in [0.1, 0.15) is 6.42 Å². The highest BCUT2D eigenvalue weighted by atomic mass is 16.6. The first-order valence-corrected chi connectivity index (χ1v) is 5.15. The number of rotatable bonds is 7. The van der Waals surface area contributed by atoms with Crippen LogP contribution in [-0.2, 0) is 4.74 Å². The van der Waals surface area contributed by atoms with Gasteiger partial charge in [-0.3, -0.25) is 0 Å². The van der Waals surface area contributed by atoms with Crippen molar-refractivity contribution in [2.75, 3.05) is 25.6 Å². The minimum atomic E-state index is -0.580. The lowest BCUT2D eigenvalue weighted by atomic mass is 10.2. The zero-order valence-corrected chi connectivity index (χ0v) is 9.50. The van der Waals surface area contributed by atoms with Gasteiger partial charge in [0.05, 0.1) is 12.7 Å². The summed E-state index contributed by atoms with van der Waals surface area (Å²) >= 11 is 0. The highest BCUT2D eigenvalue weighted by molar-refractivity contribution is 5.56. The van der Waals surface area contributed by atoms with E-state index >= 15 is 0 Å². The van der Waals surface area contributed by atoms with Gasteiger partial charge in [0.2, 0.25) is 0 Å². The standard InChI is InChI=1S/C10H15N3O4/c1-17-7-8(14)4-6-11-9-3-2-5-12-10(9)13(15)16/h2-3,5,8,11,14H,4,6-7H2,1H3. The van der Waals surface area contributed by atoms with Crippen molar-refractivity contribution in [3.05, 3.63) is 28.4 Å². The predicted molar refractivity (Wildman–Crippen MR) is 61.9 cm³/mol. The normalized spacial score (nSPS) is 12.1. The molecule has 0 radical (unpaired) electrons. The van der Waals surface area contributed by atoms with Gasteiger partial charge in [0, 0.05) is 13.7 Å². The smallest absolute Gasteiger partial charge is 0.386 e. The average molecular weight is 241 g/mol. The third-order valence-corrected chi connectivity index (χ3v) is 2.11. The number of nitrogens with one attached hydrogen (secondary N) is 1. The molecule has 0 bridgehead atoms. The summed E-state index contributed by atoms with van der Waals surface area (Å²) in [4.78, 5) is 13.8. The summed E-state index contributed by atoms with van der Waals surface area (Å²) in [5.74, 6) is -0.214. The van der Waals surface area contributed by atoms with Gasteiger partial charge in [-0.05, 0) is 28.5 Å². The van der Waals surface area contributed by atoms with E-state index in [9.17, 15) is 15.2 Å². The lowest BCUT2D eigenvalue weighted by Gasteiger charge is -2.10. The third kappa shape index (κ3) is 4.33. The molecule has 1 atom stereocenters. The molecule has 94 valence electrons. The van der Waals surface area contributed by atoms with Crippen LogP contribution in [0, 0.1) is 10.1 Å². The van der Waals surface area contributed by atoms with Gasteiger partial charge in [0.1, 0.15) is 11.9 Å². The Kier molecular flexibility index (Phi) is 5.31. The molecule has 0 saturated carbocycles. The number of nitro groups is 1. The van der Waals surface area contributed by atoms with Crippen LogP contribution in [0.25, 0.3) is 0 Å². The zero-order valence-electron chi connectivity index (χ0n) is 9.50. The molecule has 1 heterocycles. The Labute approximate surface area is 98.6 Å². The van der Waals surface area contributed by atoms with Gasteiger partial charge in [-0.15, -0.1) is 0 Å². The number of hydrogen-bond donors (Lipinski definition) is 2. The Bertz CT molecular complexity index is 372. The van der Waals surface area contributed by atoms with E-state index in [1.807, 2.05) is 0 Å². The maximum absolute atomic E-state index is 10.7. The molecule has 7 heteroatoms. The maximum Gasteiger partial charge on any atom is 0.386 e. The molecule has 0 fully saturated rings. The molecule has 17 heavy (non-hydrogen) atoms. The van der Waals surface area contributed by atoms with E-state index in [1.54, 1.807) is 12.1 Å². The number of methoxy groups -OCH3 is 1. The SMILES string of the molecule is COCC(O)CCNc1cccnc1[N+](=O)[O-]. The van der Waals surface area contributed by atoms with Crippen LogP contribution in [0.3, 0.4) is 0 Å². The monoisotopic (exact) mass is 241 g/mol. The molecule has 7 nitrogen and oxygen atoms in total. The van der Waals surface area contributed by atoms with Gasteiger partial charge in [0.25, 0.3) is 0 Å². The fourth-order valence-corrected chi connectivity index (χ4v) is 1.33. The highest BCUT2D eigenvalue weighted by Gasteiger charge is 2.13. The second kappa shape index (κ2) is 6.77. The number of aromatic nitrogens is 1. The summed E-state index contributed by atoms with van der Waals surface area (Å²) in [5, 5.41) is 22.9. The second-order valence-corrected chi connectivity index (χ2v) is 3.46. The molecule has 1 aromatic rings. The van der Waals surface area contributed by atoms with Gasteiger partial charge < -0.3 is 25.3 Å². The van der Waals surface area contributed by atoms with Gasteiger partial charge in [-0.2, -0.15) is 0 Å². The molecule has 2 N–H and O–H groups in total. The number of ether oxygens (including phenoxy) is 1. The van der Waals surface area contributed by atoms with E-state index in [0.717, 1.165) is 0 Å². The number of pyridine rings is 1. The molecule has 0 aliphatic rings. The van der Waals surface area contributed by atoms with E-state index in [-0.39, 0.29) is 12.4 Å². The first kappa shape index (κ1) is 13.3. The predicted octanol–water partition coefficient (Wildman–Crippen LogP) is 0.799. The van der Waals surface area contributed by atoms with Crippen LogP contribution in [0.5, 0.6) is 0 Å². The topological polar surface area (TPSA) is 97.5 Å². The summed E-state index contributed by atoms with van der Waals surface area (Å²) in [6.07, 6.45) is 1.23. The number of anilines is 1. The molecule has 0 saturated heterocycles. The Hall–Kier alpha value is -1.73. The largest absolute Gasteiger partial charge is 0.391 e. The summed E-state index contributed by atoms with van der Waals surface area (Å²) in [6.45, 7) is 0.661. The Morgan fingerprint density at radius 1 is 1.71 bits per heavy atom. The third-order valence-electron chi connectivity index (χ3n) is 2.11. The molecular formula is C10H15N3O4. The molecular weight excluding hydrogens is 226 g/mol. The van der Waals surface area contributed by atoms with E-state index in [2.05, 4.69) is 10.3 Å². The van der Waals surface area contributed by atoms with Crippen molar-refractivity contribution in [3.8, 4) is 0 Å². The van der Waals surface area contributed by atoms with Gasteiger partial charge in [0.15, 0.2) is 0 Å². The van der Waals surface area contributed by atoms with Crippen LogP contribution >= 0.6 is 0 Å². The van der Waals surface area contributed by atoms with E-state index in [4.69, 9.17) is 4.74 Å². The van der Waals surface area contributed by atoms with Gasteiger partial charge >= 0.3 is 5.82 Å². The molecule has 0 aromatic carbocycles. The molecule has 0 aliphatic heterocycles. The van der Waals surface area contributed by atoms with Crippen LogP contribution in [0.15, 0.2) is 18.3 Å². The summed E-state index contributed by atoms with van der Waals surface area (Å²) in [5.41, 5.74) is 0.349. The number of hydrogen-bond acceptors (Lipinski definition) is 6. The minimum Gasteiger partial charge on any atom is -0.391 e. The second-order valence-electron chi connectivity index (χ2n) is 3.46. The van der Waals surface area contributed by atoms with Gasteiger partial charge in [-0.1, -0.05) is 0 Å². The van der Waals surface area contributed by atoms with Gasteiger partial charge in [-0.25, -0.2) is 0 Å². The summed E-state index contributed by atoms with van der Waals surface area (Å²) in [6, 6.07) is 3.19. The fourth-order valence-electron chi connectivity index (χ4n) is 1.33. The van der Waals surface area contributed by atoms with Crippen molar-refractivity contribution in [2.24, 2.45) is 0 Å².